The highest BCUT2D eigenvalue weighted by molar-refractivity contribution is 5.71. The Kier molecular flexibility index (Phi) is 5.74. The smallest absolute Gasteiger partial charge is 0.407 e. The molecule has 0 heterocycles. The normalized spacial score (nSPS) is 11.5. The third kappa shape index (κ3) is 5.14. The van der Waals surface area contributed by atoms with Crippen LogP contribution in [0.3, 0.4) is 0 Å². The fourth-order valence-electron chi connectivity index (χ4n) is 2.29. The number of amides is 1. The molecule has 0 fully saturated rings. The molecule has 0 saturated carbocycles. The number of carboxylic acids is 1. The molecule has 0 aromatic heterocycles. The maximum absolute atomic E-state index is 11.9. The number of alkyl carbamates (subject to hydrolysis) is 1. The number of hydrogen-bond donors (Lipinski definition) is 1. The lowest BCUT2D eigenvalue weighted by molar-refractivity contribution is -0.306. The van der Waals surface area contributed by atoms with E-state index in [0.29, 0.717) is 0 Å². The van der Waals surface area contributed by atoms with Crippen molar-refractivity contribution >= 4 is 12.1 Å². The van der Waals surface area contributed by atoms with Crippen LogP contribution in [0.1, 0.15) is 29.2 Å². The van der Waals surface area contributed by atoms with Crippen LogP contribution in [0.25, 0.3) is 0 Å². The predicted molar refractivity (Wildman–Crippen MR) is 83.3 cm³/mol. The minimum Gasteiger partial charge on any atom is -0.550 e. The first-order chi connectivity index (χ1) is 11.1. The predicted octanol–water partition coefficient (Wildman–Crippen LogP) is 2.10. The summed E-state index contributed by atoms with van der Waals surface area (Å²) in [6.45, 7) is 1.98. The molecule has 1 N–H and O–H groups in total. The molecule has 23 heavy (non-hydrogen) atoms. The molecule has 0 radical (unpaired) electrons. The summed E-state index contributed by atoms with van der Waals surface area (Å²) in [6.07, 6.45) is -0.978. The van der Waals surface area contributed by atoms with E-state index in [-0.39, 0.29) is 13.0 Å². The highest BCUT2D eigenvalue weighted by Gasteiger charge is 2.17. The Morgan fingerprint density at radius 3 is 2.39 bits per heavy atom. The van der Waals surface area contributed by atoms with Gasteiger partial charge in [-0.1, -0.05) is 54.6 Å². The summed E-state index contributed by atoms with van der Waals surface area (Å²) in [5.74, 6) is -1.23. The van der Waals surface area contributed by atoms with Gasteiger partial charge in [0.25, 0.3) is 0 Å². The molecule has 5 nitrogen and oxygen atoms in total. The lowest BCUT2D eigenvalue weighted by Gasteiger charge is -2.21. The number of carbonyl (C=O) groups excluding carboxylic acids is 2. The fourth-order valence-corrected chi connectivity index (χ4v) is 2.29. The lowest BCUT2D eigenvalue weighted by atomic mass is 9.99. The second-order valence-electron chi connectivity index (χ2n) is 5.19. The highest BCUT2D eigenvalue weighted by Crippen LogP contribution is 2.20. The summed E-state index contributed by atoms with van der Waals surface area (Å²) < 4.78 is 5.14. The summed E-state index contributed by atoms with van der Waals surface area (Å²) in [5, 5.41) is 13.5. The average molecular weight is 312 g/mol. The van der Waals surface area contributed by atoms with Crippen molar-refractivity contribution in [3.05, 3.63) is 71.3 Å². The molecule has 1 atom stereocenters. The number of carbonyl (C=O) groups is 2. The first-order valence-electron chi connectivity index (χ1n) is 7.29. The van der Waals surface area contributed by atoms with E-state index in [1.165, 1.54) is 0 Å². The van der Waals surface area contributed by atoms with Crippen molar-refractivity contribution in [3.8, 4) is 0 Å². The molecule has 1 unspecified atom stereocenters. The summed E-state index contributed by atoms with van der Waals surface area (Å²) in [4.78, 5) is 22.9. The van der Waals surface area contributed by atoms with Crippen LogP contribution in [-0.2, 0) is 16.1 Å². The van der Waals surface area contributed by atoms with Gasteiger partial charge in [-0.2, -0.15) is 0 Å². The van der Waals surface area contributed by atoms with Crippen LogP contribution >= 0.6 is 0 Å². The molecule has 5 heteroatoms. The summed E-state index contributed by atoms with van der Waals surface area (Å²) in [6, 6.07) is 15.8. The molecule has 0 spiro atoms. The number of ether oxygens (including phenoxy) is 1. The number of carboxylic acid groups (broad SMARTS) is 1. The fraction of sp³-hybridized carbons (Fsp3) is 0.222. The number of aryl methyl sites for hydroxylation is 1. The van der Waals surface area contributed by atoms with E-state index in [1.807, 2.05) is 49.4 Å². The zero-order valence-corrected chi connectivity index (χ0v) is 12.8. The quantitative estimate of drug-likeness (QED) is 0.886. The van der Waals surface area contributed by atoms with Gasteiger partial charge in [0, 0.05) is 12.4 Å². The summed E-state index contributed by atoms with van der Waals surface area (Å²) in [5.41, 5.74) is 2.48. The van der Waals surface area contributed by atoms with E-state index >= 15 is 0 Å². The van der Waals surface area contributed by atoms with Gasteiger partial charge in [-0.3, -0.25) is 0 Å². The van der Waals surface area contributed by atoms with E-state index in [4.69, 9.17) is 4.74 Å². The van der Waals surface area contributed by atoms with Crippen molar-refractivity contribution in [1.82, 2.24) is 5.32 Å². The van der Waals surface area contributed by atoms with Crippen molar-refractivity contribution < 1.29 is 19.4 Å². The molecular formula is C18H18NO4-. The second-order valence-corrected chi connectivity index (χ2v) is 5.19. The van der Waals surface area contributed by atoms with Crippen LogP contribution in [0.4, 0.5) is 4.79 Å². The molecular weight excluding hydrogens is 294 g/mol. The Morgan fingerprint density at radius 1 is 1.09 bits per heavy atom. The first kappa shape index (κ1) is 16.5. The highest BCUT2D eigenvalue weighted by atomic mass is 16.5. The van der Waals surface area contributed by atoms with Crippen LogP contribution in [0.2, 0.25) is 0 Å². The minimum absolute atomic E-state index is 0.123. The monoisotopic (exact) mass is 312 g/mol. The first-order valence-corrected chi connectivity index (χ1v) is 7.29. The van der Waals surface area contributed by atoms with Crippen molar-refractivity contribution in [2.24, 2.45) is 0 Å². The zero-order chi connectivity index (χ0) is 16.7. The van der Waals surface area contributed by atoms with Crippen LogP contribution in [-0.4, -0.2) is 12.1 Å². The molecule has 2 rings (SSSR count). The van der Waals surface area contributed by atoms with E-state index in [1.54, 1.807) is 12.1 Å². The molecule has 1 amide bonds. The molecule has 0 bridgehead atoms. The maximum atomic E-state index is 11.9. The van der Waals surface area contributed by atoms with E-state index in [2.05, 4.69) is 5.32 Å². The van der Waals surface area contributed by atoms with E-state index in [0.717, 1.165) is 16.7 Å². The topological polar surface area (TPSA) is 78.5 Å². The molecule has 0 saturated heterocycles. The molecule has 0 aliphatic carbocycles. The number of aliphatic carboxylic acids is 1. The lowest BCUT2D eigenvalue weighted by Crippen LogP contribution is -2.34. The van der Waals surface area contributed by atoms with Gasteiger partial charge in [-0.15, -0.1) is 0 Å². The van der Waals surface area contributed by atoms with Crippen molar-refractivity contribution in [2.45, 2.75) is 26.0 Å². The van der Waals surface area contributed by atoms with Crippen LogP contribution in [0.5, 0.6) is 0 Å². The van der Waals surface area contributed by atoms with Gasteiger partial charge in [0.1, 0.15) is 6.61 Å². The van der Waals surface area contributed by atoms with E-state index in [9.17, 15) is 14.7 Å². The van der Waals surface area contributed by atoms with Gasteiger partial charge in [-0.25, -0.2) is 4.79 Å². The third-order valence-corrected chi connectivity index (χ3v) is 3.44. The number of benzene rings is 2. The third-order valence-electron chi connectivity index (χ3n) is 3.44. The van der Waals surface area contributed by atoms with Crippen molar-refractivity contribution in [2.75, 3.05) is 0 Å². The molecule has 2 aromatic rings. The molecule has 0 aliphatic heterocycles. The molecule has 2 aromatic carbocycles. The van der Waals surface area contributed by atoms with Gasteiger partial charge in [0.05, 0.1) is 6.04 Å². The number of nitrogens with one attached hydrogen (secondary N) is 1. The standard InChI is InChI=1S/C18H19NO4/c1-13-7-5-6-10-15(13)16(11-17(20)21)19-18(22)23-12-14-8-3-2-4-9-14/h2-10,16H,11-12H2,1H3,(H,19,22)(H,20,21)/p-1. The number of rotatable bonds is 6. The number of hydrogen-bond acceptors (Lipinski definition) is 4. The largest absolute Gasteiger partial charge is 0.550 e. The van der Waals surface area contributed by atoms with Gasteiger partial charge in [0.2, 0.25) is 0 Å². The maximum Gasteiger partial charge on any atom is 0.407 e. The average Bonchev–Trinajstić information content (AvgIpc) is 2.53. The Hall–Kier alpha value is -2.82. The van der Waals surface area contributed by atoms with Gasteiger partial charge in [-0.05, 0) is 23.6 Å². The Balaban J connectivity index is 2.01. The van der Waals surface area contributed by atoms with Crippen LogP contribution in [0, 0.1) is 6.92 Å². The van der Waals surface area contributed by atoms with Gasteiger partial charge in [0.15, 0.2) is 0 Å². The molecule has 120 valence electrons. The second kappa shape index (κ2) is 7.98. The van der Waals surface area contributed by atoms with E-state index < -0.39 is 18.1 Å². The van der Waals surface area contributed by atoms with Gasteiger partial charge >= 0.3 is 6.09 Å². The van der Waals surface area contributed by atoms with Crippen molar-refractivity contribution in [1.29, 1.82) is 0 Å². The summed E-state index contributed by atoms with van der Waals surface area (Å²) >= 11 is 0. The minimum atomic E-state index is -1.23. The summed E-state index contributed by atoms with van der Waals surface area (Å²) in [7, 11) is 0. The zero-order valence-electron chi connectivity index (χ0n) is 12.8. The van der Waals surface area contributed by atoms with Crippen LogP contribution in [0.15, 0.2) is 54.6 Å². The molecule has 0 aliphatic rings. The Bertz CT molecular complexity index is 670. The van der Waals surface area contributed by atoms with Gasteiger partial charge < -0.3 is 20.0 Å². The Labute approximate surface area is 134 Å². The van der Waals surface area contributed by atoms with Crippen LogP contribution < -0.4 is 10.4 Å². The van der Waals surface area contributed by atoms with Crippen molar-refractivity contribution in [3.63, 3.8) is 0 Å². The SMILES string of the molecule is Cc1ccccc1C(CC(=O)[O-])NC(=O)OCc1ccccc1. The Morgan fingerprint density at radius 2 is 1.74 bits per heavy atom.